The van der Waals surface area contributed by atoms with Gasteiger partial charge in [0.25, 0.3) is 0 Å². The van der Waals surface area contributed by atoms with E-state index in [-0.39, 0.29) is 11.5 Å². The zero-order chi connectivity index (χ0) is 14.8. The minimum absolute atomic E-state index is 0.147. The molecule has 1 N–H and O–H groups in total. The number of carbonyl (C=O) groups excluding carboxylic acids is 2. The summed E-state index contributed by atoms with van der Waals surface area (Å²) >= 11 is 0. The molecule has 1 aromatic rings. The van der Waals surface area contributed by atoms with E-state index in [2.05, 4.69) is 0 Å². The highest BCUT2D eigenvalue weighted by atomic mass is 16.3. The van der Waals surface area contributed by atoms with E-state index >= 15 is 0 Å². The summed E-state index contributed by atoms with van der Waals surface area (Å²) in [6.07, 6.45) is 8.52. The highest BCUT2D eigenvalue weighted by Crippen LogP contribution is 2.19. The van der Waals surface area contributed by atoms with Gasteiger partial charge in [-0.25, -0.2) is 0 Å². The minimum atomic E-state index is 0.147. The molecule has 0 aliphatic heterocycles. The van der Waals surface area contributed by atoms with Crippen molar-refractivity contribution in [2.75, 3.05) is 0 Å². The first kappa shape index (κ1) is 16.4. The van der Waals surface area contributed by atoms with E-state index in [4.69, 9.17) is 0 Å². The molecule has 0 aliphatic rings. The highest BCUT2D eigenvalue weighted by Gasteiger charge is 2.07. The Morgan fingerprint density at radius 1 is 1.10 bits per heavy atom. The van der Waals surface area contributed by atoms with E-state index in [9.17, 15) is 14.7 Å². The molecule has 1 rings (SSSR count). The number of aldehydes is 1. The van der Waals surface area contributed by atoms with Gasteiger partial charge in [0.15, 0.2) is 5.78 Å². The number of phenolic OH excluding ortho intramolecular Hbond substituents is 1. The van der Waals surface area contributed by atoms with Crippen LogP contribution in [0.2, 0.25) is 0 Å². The number of benzene rings is 1. The summed E-state index contributed by atoms with van der Waals surface area (Å²) in [6.45, 7) is 1.80. The van der Waals surface area contributed by atoms with Crippen LogP contribution >= 0.6 is 0 Å². The number of aryl methyl sites for hydroxylation is 1. The first-order chi connectivity index (χ1) is 9.65. The van der Waals surface area contributed by atoms with Crippen LogP contribution < -0.4 is 0 Å². The predicted octanol–water partition coefficient (Wildman–Crippen LogP) is 4.20. The summed E-state index contributed by atoms with van der Waals surface area (Å²) in [4.78, 5) is 22.1. The molecule has 0 aliphatic carbocycles. The molecule has 0 aromatic heterocycles. The van der Waals surface area contributed by atoms with Crippen molar-refractivity contribution in [2.24, 2.45) is 0 Å². The van der Waals surface area contributed by atoms with E-state index in [0.29, 0.717) is 18.4 Å². The summed E-state index contributed by atoms with van der Waals surface area (Å²) in [6, 6.07) is 5.01. The van der Waals surface area contributed by atoms with Gasteiger partial charge in [-0.1, -0.05) is 25.7 Å². The fourth-order valence-electron chi connectivity index (χ4n) is 2.19. The van der Waals surface area contributed by atoms with E-state index in [1.807, 2.05) is 0 Å². The summed E-state index contributed by atoms with van der Waals surface area (Å²) < 4.78 is 0. The lowest BCUT2D eigenvalue weighted by Crippen LogP contribution is -1.99. The molecule has 0 unspecified atom stereocenters. The van der Waals surface area contributed by atoms with Gasteiger partial charge in [-0.05, 0) is 43.5 Å². The zero-order valence-electron chi connectivity index (χ0n) is 12.2. The number of ketones is 1. The average Bonchev–Trinajstić information content (AvgIpc) is 2.44. The smallest absolute Gasteiger partial charge is 0.162 e. The topological polar surface area (TPSA) is 54.4 Å². The number of carbonyl (C=O) groups is 2. The van der Waals surface area contributed by atoms with Gasteiger partial charge in [-0.2, -0.15) is 0 Å². The number of rotatable bonds is 10. The Bertz CT molecular complexity index is 438. The number of phenols is 1. The number of unbranched alkanes of at least 4 members (excludes halogenated alkanes) is 6. The second-order valence-electron chi connectivity index (χ2n) is 5.25. The predicted molar refractivity (Wildman–Crippen MR) is 80.2 cm³/mol. The third-order valence-electron chi connectivity index (χ3n) is 3.49. The molecule has 3 nitrogen and oxygen atoms in total. The normalized spacial score (nSPS) is 10.4. The van der Waals surface area contributed by atoms with E-state index in [1.165, 1.54) is 0 Å². The van der Waals surface area contributed by atoms with Crippen molar-refractivity contribution in [2.45, 2.75) is 58.3 Å². The van der Waals surface area contributed by atoms with Crippen LogP contribution in [0.4, 0.5) is 0 Å². The number of hydrogen-bond acceptors (Lipinski definition) is 3. The minimum Gasteiger partial charge on any atom is -0.508 e. The van der Waals surface area contributed by atoms with Crippen LogP contribution in [-0.4, -0.2) is 17.2 Å². The highest BCUT2D eigenvalue weighted by molar-refractivity contribution is 5.96. The number of Topliss-reactive ketones (excluding diaryl/α,β-unsaturated/α-hetero) is 1. The third kappa shape index (κ3) is 6.00. The van der Waals surface area contributed by atoms with Gasteiger partial charge in [0.1, 0.15) is 12.0 Å². The van der Waals surface area contributed by atoms with Crippen LogP contribution in [0.15, 0.2) is 18.2 Å². The Morgan fingerprint density at radius 3 is 2.40 bits per heavy atom. The second-order valence-corrected chi connectivity index (χ2v) is 5.25. The maximum Gasteiger partial charge on any atom is 0.162 e. The lowest BCUT2D eigenvalue weighted by molar-refractivity contribution is -0.107. The monoisotopic (exact) mass is 276 g/mol. The fourth-order valence-corrected chi connectivity index (χ4v) is 2.19. The van der Waals surface area contributed by atoms with Crippen molar-refractivity contribution >= 4 is 12.1 Å². The lowest BCUT2D eigenvalue weighted by Gasteiger charge is -2.04. The molecular weight excluding hydrogens is 252 g/mol. The van der Waals surface area contributed by atoms with Crippen molar-refractivity contribution in [1.82, 2.24) is 0 Å². The first-order valence-electron chi connectivity index (χ1n) is 7.41. The summed E-state index contributed by atoms with van der Waals surface area (Å²) in [5.74, 6) is 0.380. The molecule has 0 saturated carbocycles. The Morgan fingerprint density at radius 2 is 1.75 bits per heavy atom. The van der Waals surface area contributed by atoms with E-state index in [0.717, 1.165) is 50.4 Å². The van der Waals surface area contributed by atoms with Crippen LogP contribution in [0.1, 0.15) is 67.3 Å². The van der Waals surface area contributed by atoms with Crippen LogP contribution in [0.3, 0.4) is 0 Å². The Hall–Kier alpha value is -1.64. The molecule has 0 bridgehead atoms. The quantitative estimate of drug-likeness (QED) is 0.396. The Labute approximate surface area is 121 Å². The summed E-state index contributed by atoms with van der Waals surface area (Å²) in [5.41, 5.74) is 1.43. The van der Waals surface area contributed by atoms with Crippen molar-refractivity contribution in [1.29, 1.82) is 0 Å². The Kier molecular flexibility index (Phi) is 7.63. The molecule has 20 heavy (non-hydrogen) atoms. The van der Waals surface area contributed by atoms with E-state index in [1.54, 1.807) is 25.1 Å². The maximum atomic E-state index is 12.0. The third-order valence-corrected chi connectivity index (χ3v) is 3.49. The summed E-state index contributed by atoms with van der Waals surface area (Å²) in [7, 11) is 0. The average molecular weight is 276 g/mol. The zero-order valence-corrected chi connectivity index (χ0v) is 12.2. The molecule has 0 saturated heterocycles. The van der Waals surface area contributed by atoms with Crippen molar-refractivity contribution in [3.63, 3.8) is 0 Å². The number of hydrogen-bond donors (Lipinski definition) is 1. The fraction of sp³-hybridized carbons (Fsp3) is 0.529. The number of aromatic hydroxyl groups is 1. The van der Waals surface area contributed by atoms with Crippen molar-refractivity contribution < 1.29 is 14.7 Å². The van der Waals surface area contributed by atoms with Gasteiger partial charge < -0.3 is 9.90 Å². The van der Waals surface area contributed by atoms with Crippen molar-refractivity contribution in [3.8, 4) is 5.75 Å². The second kappa shape index (κ2) is 9.29. The van der Waals surface area contributed by atoms with E-state index < -0.39 is 0 Å². The molecule has 0 spiro atoms. The largest absolute Gasteiger partial charge is 0.508 e. The molecule has 110 valence electrons. The molecular formula is C17H24O3. The standard InChI is InChI=1S/C17H24O3/c1-14-13-15(10-11-16(14)19)17(20)9-7-5-3-2-4-6-8-12-18/h10-13,19H,2-9H2,1H3. The maximum absolute atomic E-state index is 12.0. The first-order valence-corrected chi connectivity index (χ1v) is 7.41. The van der Waals surface area contributed by atoms with Crippen LogP contribution in [0.25, 0.3) is 0 Å². The molecule has 0 heterocycles. The summed E-state index contributed by atoms with van der Waals surface area (Å²) in [5, 5.41) is 9.43. The van der Waals surface area contributed by atoms with Crippen LogP contribution in [0, 0.1) is 6.92 Å². The van der Waals surface area contributed by atoms with Crippen molar-refractivity contribution in [3.05, 3.63) is 29.3 Å². The molecule has 0 atom stereocenters. The SMILES string of the molecule is Cc1cc(C(=O)CCCCCCCCC=O)ccc1O. The van der Waals surface area contributed by atoms with Crippen LogP contribution in [-0.2, 0) is 4.79 Å². The molecule has 1 aromatic carbocycles. The van der Waals surface area contributed by atoms with Crippen LogP contribution in [0.5, 0.6) is 5.75 Å². The van der Waals surface area contributed by atoms with Gasteiger partial charge in [-0.3, -0.25) is 4.79 Å². The molecule has 0 radical (unpaired) electrons. The van der Waals surface area contributed by atoms with Gasteiger partial charge >= 0.3 is 0 Å². The van der Waals surface area contributed by atoms with Gasteiger partial charge in [0.05, 0.1) is 0 Å². The molecule has 3 heteroatoms. The molecule has 0 fully saturated rings. The lowest BCUT2D eigenvalue weighted by atomic mass is 10.0. The van der Waals surface area contributed by atoms with Gasteiger partial charge in [-0.15, -0.1) is 0 Å². The molecule has 0 amide bonds. The van der Waals surface area contributed by atoms with Gasteiger partial charge in [0, 0.05) is 18.4 Å². The Balaban J connectivity index is 2.17. The van der Waals surface area contributed by atoms with Gasteiger partial charge in [0.2, 0.25) is 0 Å².